The zero-order valence-electron chi connectivity index (χ0n) is 7.30. The van der Waals surface area contributed by atoms with Crippen molar-refractivity contribution in [3.8, 4) is 0 Å². The lowest BCUT2D eigenvalue weighted by Gasteiger charge is -2.09. The number of nitrogens with one attached hydrogen (secondary N) is 1. The van der Waals surface area contributed by atoms with Crippen molar-refractivity contribution in [2.75, 3.05) is 18.8 Å². The molecule has 0 amide bonds. The quantitative estimate of drug-likeness (QED) is 0.637. The third-order valence-corrected chi connectivity index (χ3v) is 4.28. The van der Waals surface area contributed by atoms with E-state index in [0.717, 1.165) is 25.3 Å². The molecule has 3 atom stereocenters. The lowest BCUT2D eigenvalue weighted by atomic mass is 10.2. The molecule has 2 nitrogen and oxygen atoms in total. The van der Waals surface area contributed by atoms with Gasteiger partial charge in [0, 0.05) is 28.3 Å². The predicted molar refractivity (Wildman–Crippen MR) is 49.1 cm³/mol. The van der Waals surface area contributed by atoms with Crippen LogP contribution in [0.5, 0.6) is 0 Å². The van der Waals surface area contributed by atoms with E-state index in [9.17, 15) is 4.21 Å². The molecule has 0 aromatic heterocycles. The first-order valence-electron chi connectivity index (χ1n) is 4.32. The molecule has 1 saturated heterocycles. The fourth-order valence-electron chi connectivity index (χ4n) is 1.39. The lowest BCUT2D eigenvalue weighted by Crippen LogP contribution is -2.27. The van der Waals surface area contributed by atoms with E-state index in [4.69, 9.17) is 0 Å². The largest absolute Gasteiger partial charge is 0.315 e. The van der Waals surface area contributed by atoms with Crippen LogP contribution in [0.4, 0.5) is 0 Å². The van der Waals surface area contributed by atoms with Crippen molar-refractivity contribution in [2.24, 2.45) is 5.92 Å². The van der Waals surface area contributed by atoms with E-state index in [0.29, 0.717) is 11.2 Å². The third-order valence-electron chi connectivity index (χ3n) is 2.14. The smallest absolute Gasteiger partial charge is 0.0470 e. The third kappa shape index (κ3) is 2.56. The molecule has 1 aliphatic heterocycles. The molecule has 0 radical (unpaired) electrons. The number of hydrogen-bond acceptors (Lipinski definition) is 2. The molecule has 3 unspecified atom stereocenters. The molecule has 1 rings (SSSR count). The standard InChI is InChI=1S/C8H17NOS/c1-3-8-5-9-4-7(2)6-11(8)10/h7-9H,3-6H2,1-2H3. The van der Waals surface area contributed by atoms with Gasteiger partial charge in [-0.05, 0) is 18.9 Å². The molecule has 0 bridgehead atoms. The molecule has 1 fully saturated rings. The fraction of sp³-hybridized carbons (Fsp3) is 1.00. The van der Waals surface area contributed by atoms with Crippen LogP contribution in [0, 0.1) is 5.92 Å². The van der Waals surface area contributed by atoms with E-state index in [1.54, 1.807) is 0 Å². The molecule has 0 aromatic rings. The summed E-state index contributed by atoms with van der Waals surface area (Å²) in [7, 11) is -0.588. The minimum Gasteiger partial charge on any atom is -0.315 e. The van der Waals surface area contributed by atoms with Crippen LogP contribution in [0.15, 0.2) is 0 Å². The monoisotopic (exact) mass is 175 g/mol. The van der Waals surface area contributed by atoms with Crippen molar-refractivity contribution < 1.29 is 4.21 Å². The van der Waals surface area contributed by atoms with Gasteiger partial charge in [-0.2, -0.15) is 0 Å². The minimum absolute atomic E-state index is 0.389. The Balaban J connectivity index is 2.50. The molecule has 1 heterocycles. The molecule has 66 valence electrons. The van der Waals surface area contributed by atoms with E-state index in [1.807, 2.05) is 0 Å². The Morgan fingerprint density at radius 3 is 2.91 bits per heavy atom. The summed E-state index contributed by atoms with van der Waals surface area (Å²) in [6.07, 6.45) is 1.03. The highest BCUT2D eigenvalue weighted by atomic mass is 32.2. The summed E-state index contributed by atoms with van der Waals surface area (Å²) in [5.74, 6) is 1.46. The first kappa shape index (κ1) is 9.20. The van der Waals surface area contributed by atoms with Crippen LogP contribution < -0.4 is 5.32 Å². The topological polar surface area (TPSA) is 29.1 Å². The molecular formula is C8H17NOS. The molecule has 0 saturated carbocycles. The second-order valence-electron chi connectivity index (χ2n) is 3.34. The Kier molecular flexibility index (Phi) is 3.52. The SMILES string of the molecule is CCC1CNCC(C)CS1=O. The second kappa shape index (κ2) is 4.21. The van der Waals surface area contributed by atoms with Gasteiger partial charge in [-0.25, -0.2) is 0 Å². The normalized spacial score (nSPS) is 40.0. The first-order valence-corrected chi connectivity index (χ1v) is 5.70. The summed E-state index contributed by atoms with van der Waals surface area (Å²) >= 11 is 0. The van der Waals surface area contributed by atoms with Gasteiger partial charge in [0.25, 0.3) is 0 Å². The van der Waals surface area contributed by atoms with E-state index >= 15 is 0 Å². The Morgan fingerprint density at radius 1 is 1.55 bits per heavy atom. The number of hydrogen-bond donors (Lipinski definition) is 1. The van der Waals surface area contributed by atoms with Gasteiger partial charge in [0.2, 0.25) is 0 Å². The van der Waals surface area contributed by atoms with Crippen molar-refractivity contribution in [1.82, 2.24) is 5.32 Å². The van der Waals surface area contributed by atoms with Gasteiger partial charge in [-0.15, -0.1) is 0 Å². The average Bonchev–Trinajstić information content (AvgIpc) is 2.11. The lowest BCUT2D eigenvalue weighted by molar-refractivity contribution is 0.568. The van der Waals surface area contributed by atoms with Gasteiger partial charge in [0.05, 0.1) is 0 Å². The Labute approximate surface area is 71.2 Å². The molecule has 0 spiro atoms. The van der Waals surface area contributed by atoms with Gasteiger partial charge in [0.1, 0.15) is 0 Å². The Hall–Kier alpha value is 0.110. The zero-order chi connectivity index (χ0) is 8.27. The molecule has 1 N–H and O–H groups in total. The first-order chi connectivity index (χ1) is 5.24. The molecule has 3 heteroatoms. The van der Waals surface area contributed by atoms with Crippen LogP contribution in [-0.4, -0.2) is 28.3 Å². The van der Waals surface area contributed by atoms with Gasteiger partial charge < -0.3 is 5.32 Å². The predicted octanol–water partition coefficient (Wildman–Crippen LogP) is 0.753. The van der Waals surface area contributed by atoms with Gasteiger partial charge in [-0.1, -0.05) is 13.8 Å². The van der Waals surface area contributed by atoms with E-state index in [-0.39, 0.29) is 0 Å². The van der Waals surface area contributed by atoms with Crippen molar-refractivity contribution in [3.05, 3.63) is 0 Å². The summed E-state index contributed by atoms with van der Waals surface area (Å²) in [6.45, 7) is 6.23. The highest BCUT2D eigenvalue weighted by Crippen LogP contribution is 2.09. The summed E-state index contributed by atoms with van der Waals surface area (Å²) in [5.41, 5.74) is 0. The summed E-state index contributed by atoms with van der Waals surface area (Å²) in [4.78, 5) is 0. The van der Waals surface area contributed by atoms with Gasteiger partial charge >= 0.3 is 0 Å². The summed E-state index contributed by atoms with van der Waals surface area (Å²) in [6, 6.07) is 0. The minimum atomic E-state index is -0.588. The highest BCUT2D eigenvalue weighted by Gasteiger charge is 2.20. The average molecular weight is 175 g/mol. The van der Waals surface area contributed by atoms with Gasteiger partial charge in [0.15, 0.2) is 0 Å². The van der Waals surface area contributed by atoms with Crippen LogP contribution in [0.25, 0.3) is 0 Å². The van der Waals surface area contributed by atoms with E-state index < -0.39 is 10.8 Å². The number of rotatable bonds is 1. The molecule has 0 aliphatic carbocycles. The maximum Gasteiger partial charge on any atom is 0.0470 e. The molecule has 1 aliphatic rings. The molecule has 11 heavy (non-hydrogen) atoms. The van der Waals surface area contributed by atoms with E-state index in [1.165, 1.54) is 0 Å². The molecular weight excluding hydrogens is 158 g/mol. The van der Waals surface area contributed by atoms with Crippen LogP contribution in [0.3, 0.4) is 0 Å². The highest BCUT2D eigenvalue weighted by molar-refractivity contribution is 7.85. The zero-order valence-corrected chi connectivity index (χ0v) is 8.12. The second-order valence-corrected chi connectivity index (χ2v) is 5.10. The molecule has 0 aromatic carbocycles. The van der Waals surface area contributed by atoms with E-state index in [2.05, 4.69) is 19.2 Å². The van der Waals surface area contributed by atoms with Crippen molar-refractivity contribution >= 4 is 10.8 Å². The van der Waals surface area contributed by atoms with Gasteiger partial charge in [-0.3, -0.25) is 4.21 Å². The summed E-state index contributed by atoms with van der Waals surface area (Å²) in [5, 5.41) is 3.72. The van der Waals surface area contributed by atoms with Crippen molar-refractivity contribution in [2.45, 2.75) is 25.5 Å². The van der Waals surface area contributed by atoms with Crippen LogP contribution >= 0.6 is 0 Å². The van der Waals surface area contributed by atoms with Crippen LogP contribution in [0.1, 0.15) is 20.3 Å². The maximum atomic E-state index is 11.5. The van der Waals surface area contributed by atoms with Crippen molar-refractivity contribution in [3.63, 3.8) is 0 Å². The summed E-state index contributed by atoms with van der Waals surface area (Å²) < 4.78 is 11.5. The Morgan fingerprint density at radius 2 is 2.27 bits per heavy atom. The fourth-order valence-corrected chi connectivity index (χ4v) is 3.02. The van der Waals surface area contributed by atoms with Crippen LogP contribution in [0.2, 0.25) is 0 Å². The van der Waals surface area contributed by atoms with Crippen molar-refractivity contribution in [1.29, 1.82) is 0 Å². The maximum absolute atomic E-state index is 11.5. The van der Waals surface area contributed by atoms with Crippen LogP contribution in [-0.2, 0) is 10.8 Å². The Bertz CT molecular complexity index is 149.